The minimum absolute atomic E-state index is 0.212. The summed E-state index contributed by atoms with van der Waals surface area (Å²) in [6.45, 7) is 0. The number of methoxy groups -OCH3 is 1. The van der Waals surface area contributed by atoms with E-state index in [1.54, 1.807) is 6.07 Å². The highest BCUT2D eigenvalue weighted by Crippen LogP contribution is 2.23. The summed E-state index contributed by atoms with van der Waals surface area (Å²) < 4.78 is 18.0. The van der Waals surface area contributed by atoms with Gasteiger partial charge in [0.2, 0.25) is 0 Å². The smallest absolute Gasteiger partial charge is 0.183 e. The first-order chi connectivity index (χ1) is 7.31. The zero-order chi connectivity index (χ0) is 10.7. The Morgan fingerprint density at radius 3 is 2.60 bits per heavy atom. The minimum atomic E-state index is -0.447. The van der Waals surface area contributed by atoms with Crippen LogP contribution in [0, 0.1) is 5.82 Å². The molecular formula is C12H10FNO. The van der Waals surface area contributed by atoms with Crippen molar-refractivity contribution in [3.8, 4) is 17.0 Å². The molecule has 1 aromatic heterocycles. The van der Waals surface area contributed by atoms with Crippen LogP contribution in [-0.4, -0.2) is 12.1 Å². The molecule has 1 aromatic carbocycles. The van der Waals surface area contributed by atoms with Crippen LogP contribution in [0.1, 0.15) is 0 Å². The maximum atomic E-state index is 13.1. The van der Waals surface area contributed by atoms with Crippen LogP contribution in [-0.2, 0) is 0 Å². The fourth-order valence-corrected chi connectivity index (χ4v) is 1.34. The number of ether oxygens (including phenoxy) is 1. The summed E-state index contributed by atoms with van der Waals surface area (Å²) in [5.41, 5.74) is 1.64. The molecule has 3 heteroatoms. The standard InChI is InChI=1S/C12H10FNO/c1-15-12-7-11(14-8-10(12)13)9-5-3-2-4-6-9/h2-8H,1H3. The van der Waals surface area contributed by atoms with Crippen molar-refractivity contribution < 1.29 is 9.13 Å². The molecule has 0 aliphatic rings. The molecule has 2 aromatic rings. The van der Waals surface area contributed by atoms with Crippen molar-refractivity contribution in [3.63, 3.8) is 0 Å². The predicted octanol–water partition coefficient (Wildman–Crippen LogP) is 2.90. The Balaban J connectivity index is 2.46. The first-order valence-electron chi connectivity index (χ1n) is 4.56. The van der Waals surface area contributed by atoms with Crippen molar-refractivity contribution in [2.24, 2.45) is 0 Å². The van der Waals surface area contributed by atoms with Gasteiger partial charge in [0.25, 0.3) is 0 Å². The molecule has 0 saturated heterocycles. The molecule has 0 spiro atoms. The Hall–Kier alpha value is -1.90. The Kier molecular flexibility index (Phi) is 2.63. The third-order valence-electron chi connectivity index (χ3n) is 2.11. The van der Waals surface area contributed by atoms with E-state index >= 15 is 0 Å². The second-order valence-electron chi connectivity index (χ2n) is 3.07. The summed E-state index contributed by atoms with van der Waals surface area (Å²) in [7, 11) is 1.44. The lowest BCUT2D eigenvalue weighted by molar-refractivity contribution is 0.385. The van der Waals surface area contributed by atoms with Gasteiger partial charge in [0, 0.05) is 11.6 Å². The number of benzene rings is 1. The predicted molar refractivity (Wildman–Crippen MR) is 56.2 cm³/mol. The highest BCUT2D eigenvalue weighted by molar-refractivity contribution is 5.60. The van der Waals surface area contributed by atoms with Crippen LogP contribution in [0.25, 0.3) is 11.3 Å². The molecule has 0 radical (unpaired) electrons. The first-order valence-corrected chi connectivity index (χ1v) is 4.56. The normalized spacial score (nSPS) is 10.0. The van der Waals surface area contributed by atoms with E-state index in [0.29, 0.717) is 5.69 Å². The number of aromatic nitrogens is 1. The van der Waals surface area contributed by atoms with Gasteiger partial charge in [-0.25, -0.2) is 4.39 Å². The summed E-state index contributed by atoms with van der Waals surface area (Å²) in [5.74, 6) is -0.235. The van der Waals surface area contributed by atoms with E-state index in [2.05, 4.69) is 4.98 Å². The molecule has 0 amide bonds. The second-order valence-corrected chi connectivity index (χ2v) is 3.07. The summed E-state index contributed by atoms with van der Waals surface area (Å²) in [6, 6.07) is 11.2. The van der Waals surface area contributed by atoms with Crippen LogP contribution in [0.4, 0.5) is 4.39 Å². The number of pyridine rings is 1. The molecule has 15 heavy (non-hydrogen) atoms. The molecule has 0 atom stereocenters. The van der Waals surface area contributed by atoms with Gasteiger partial charge < -0.3 is 4.74 Å². The molecule has 0 fully saturated rings. The number of hydrogen-bond donors (Lipinski definition) is 0. The molecular weight excluding hydrogens is 193 g/mol. The Labute approximate surface area is 87.4 Å². The molecule has 2 rings (SSSR count). The van der Waals surface area contributed by atoms with Gasteiger partial charge in [-0.1, -0.05) is 30.3 Å². The fraction of sp³-hybridized carbons (Fsp3) is 0.0833. The molecule has 0 bridgehead atoms. The maximum absolute atomic E-state index is 13.1. The summed E-state index contributed by atoms with van der Waals surface area (Å²) >= 11 is 0. The van der Waals surface area contributed by atoms with Gasteiger partial charge in [-0.15, -0.1) is 0 Å². The lowest BCUT2D eigenvalue weighted by atomic mass is 10.1. The van der Waals surface area contributed by atoms with E-state index in [9.17, 15) is 4.39 Å². The average Bonchev–Trinajstić information content (AvgIpc) is 2.31. The highest BCUT2D eigenvalue weighted by Gasteiger charge is 2.05. The van der Waals surface area contributed by atoms with Crippen molar-refractivity contribution >= 4 is 0 Å². The van der Waals surface area contributed by atoms with E-state index in [4.69, 9.17) is 4.74 Å². The first kappa shape index (κ1) is 9.65. The van der Waals surface area contributed by atoms with Gasteiger partial charge in [0.15, 0.2) is 11.6 Å². The van der Waals surface area contributed by atoms with Crippen LogP contribution >= 0.6 is 0 Å². The number of hydrogen-bond acceptors (Lipinski definition) is 2. The number of nitrogens with zero attached hydrogens (tertiary/aromatic N) is 1. The fourth-order valence-electron chi connectivity index (χ4n) is 1.34. The van der Waals surface area contributed by atoms with Crippen molar-refractivity contribution in [3.05, 3.63) is 48.4 Å². The summed E-state index contributed by atoms with van der Waals surface area (Å²) in [6.07, 6.45) is 1.17. The van der Waals surface area contributed by atoms with Crippen LogP contribution in [0.2, 0.25) is 0 Å². The molecule has 2 nitrogen and oxygen atoms in total. The van der Waals surface area contributed by atoms with E-state index < -0.39 is 5.82 Å². The highest BCUT2D eigenvalue weighted by atomic mass is 19.1. The van der Waals surface area contributed by atoms with E-state index in [0.717, 1.165) is 5.56 Å². The zero-order valence-electron chi connectivity index (χ0n) is 8.27. The molecule has 0 N–H and O–H groups in total. The van der Waals surface area contributed by atoms with Crippen molar-refractivity contribution in [2.45, 2.75) is 0 Å². The molecule has 76 valence electrons. The van der Waals surface area contributed by atoms with E-state index in [1.165, 1.54) is 13.3 Å². The Morgan fingerprint density at radius 2 is 1.93 bits per heavy atom. The van der Waals surface area contributed by atoms with E-state index in [-0.39, 0.29) is 5.75 Å². The third-order valence-corrected chi connectivity index (χ3v) is 2.11. The maximum Gasteiger partial charge on any atom is 0.183 e. The average molecular weight is 203 g/mol. The molecule has 0 saturated carbocycles. The lowest BCUT2D eigenvalue weighted by Crippen LogP contribution is -1.91. The second kappa shape index (κ2) is 4.09. The van der Waals surface area contributed by atoms with Gasteiger partial charge in [-0.2, -0.15) is 0 Å². The number of halogens is 1. The lowest BCUT2D eigenvalue weighted by Gasteiger charge is -2.04. The summed E-state index contributed by atoms with van der Waals surface area (Å²) in [4.78, 5) is 4.00. The molecule has 1 heterocycles. The van der Waals surface area contributed by atoms with Gasteiger partial charge in [-0.3, -0.25) is 4.98 Å². The van der Waals surface area contributed by atoms with Crippen LogP contribution in [0.5, 0.6) is 5.75 Å². The molecule has 0 aliphatic heterocycles. The van der Waals surface area contributed by atoms with Crippen molar-refractivity contribution in [1.82, 2.24) is 4.98 Å². The third kappa shape index (κ3) is 1.96. The van der Waals surface area contributed by atoms with Crippen LogP contribution in [0.15, 0.2) is 42.6 Å². The van der Waals surface area contributed by atoms with Gasteiger partial charge >= 0.3 is 0 Å². The zero-order valence-corrected chi connectivity index (χ0v) is 8.27. The van der Waals surface area contributed by atoms with Crippen molar-refractivity contribution in [1.29, 1.82) is 0 Å². The van der Waals surface area contributed by atoms with Crippen LogP contribution in [0.3, 0.4) is 0 Å². The Bertz CT molecular complexity index is 456. The SMILES string of the molecule is COc1cc(-c2ccccc2)ncc1F. The van der Waals surface area contributed by atoms with Crippen molar-refractivity contribution in [2.75, 3.05) is 7.11 Å². The minimum Gasteiger partial charge on any atom is -0.494 e. The molecule has 0 unspecified atom stereocenters. The van der Waals surface area contributed by atoms with Gasteiger partial charge in [0.1, 0.15) is 0 Å². The quantitative estimate of drug-likeness (QED) is 0.748. The van der Waals surface area contributed by atoms with E-state index in [1.807, 2.05) is 30.3 Å². The summed E-state index contributed by atoms with van der Waals surface area (Å²) in [5, 5.41) is 0. The Morgan fingerprint density at radius 1 is 1.20 bits per heavy atom. The topological polar surface area (TPSA) is 22.1 Å². The van der Waals surface area contributed by atoms with Crippen LogP contribution < -0.4 is 4.74 Å². The van der Waals surface area contributed by atoms with Gasteiger partial charge in [-0.05, 0) is 0 Å². The monoisotopic (exact) mass is 203 g/mol. The largest absolute Gasteiger partial charge is 0.494 e. The van der Waals surface area contributed by atoms with Gasteiger partial charge in [0.05, 0.1) is 19.0 Å². The number of rotatable bonds is 2. The molecule has 0 aliphatic carbocycles.